The fourth-order valence-electron chi connectivity index (χ4n) is 1.69. The van der Waals surface area contributed by atoms with E-state index in [0.717, 1.165) is 11.3 Å². The van der Waals surface area contributed by atoms with Gasteiger partial charge in [0.2, 0.25) is 5.78 Å². The van der Waals surface area contributed by atoms with Crippen LogP contribution in [-0.4, -0.2) is 19.2 Å². The van der Waals surface area contributed by atoms with Gasteiger partial charge in [0.1, 0.15) is 6.33 Å². The van der Waals surface area contributed by atoms with Crippen LogP contribution in [0.1, 0.15) is 0 Å². The number of imidazole rings is 1. The lowest BCUT2D eigenvalue weighted by molar-refractivity contribution is 0.954. The Bertz CT molecular complexity index is 575. The van der Waals surface area contributed by atoms with E-state index in [1.807, 2.05) is 28.1 Å². The molecule has 64 valence electrons. The zero-order chi connectivity index (χ0) is 8.84. The number of aryl methyl sites for hydroxylation is 1. The maximum Gasteiger partial charge on any atom is 0.236 e. The molecule has 4 heteroatoms. The minimum absolute atomic E-state index is 0.876. The first-order chi connectivity index (χ1) is 6.38. The molecule has 0 saturated carbocycles. The second-order valence-corrected chi connectivity index (χ2v) is 3.05. The van der Waals surface area contributed by atoms with Crippen molar-refractivity contribution in [3.05, 3.63) is 30.6 Å². The van der Waals surface area contributed by atoms with Crippen molar-refractivity contribution in [3.63, 3.8) is 0 Å². The summed E-state index contributed by atoms with van der Waals surface area (Å²) < 4.78 is 4.01. The van der Waals surface area contributed by atoms with Crippen LogP contribution in [0.3, 0.4) is 0 Å². The van der Waals surface area contributed by atoms with Crippen molar-refractivity contribution in [1.29, 1.82) is 0 Å². The fourth-order valence-corrected chi connectivity index (χ4v) is 1.69. The monoisotopic (exact) mass is 172 g/mol. The fraction of sp³-hybridized carbons (Fsp3) is 0.111. The van der Waals surface area contributed by atoms with Gasteiger partial charge in [-0.1, -0.05) is 12.1 Å². The quantitative estimate of drug-likeness (QED) is 0.511. The standard InChI is InChI=1S/C9H8N4/c1-12-7-4-2-3-5-8(7)13-6-10-11-9(12)13/h2-6H,1H3. The highest BCUT2D eigenvalue weighted by Crippen LogP contribution is 2.16. The summed E-state index contributed by atoms with van der Waals surface area (Å²) in [5.74, 6) is 0.876. The topological polar surface area (TPSA) is 35.1 Å². The van der Waals surface area contributed by atoms with Gasteiger partial charge in [0.25, 0.3) is 0 Å². The van der Waals surface area contributed by atoms with E-state index in [1.54, 1.807) is 6.33 Å². The van der Waals surface area contributed by atoms with Crippen LogP contribution in [0.5, 0.6) is 0 Å². The summed E-state index contributed by atoms with van der Waals surface area (Å²) in [7, 11) is 1.99. The van der Waals surface area contributed by atoms with Gasteiger partial charge in [0.15, 0.2) is 0 Å². The van der Waals surface area contributed by atoms with Crippen molar-refractivity contribution < 1.29 is 0 Å². The largest absolute Gasteiger partial charge is 0.311 e. The molecule has 0 N–H and O–H groups in total. The van der Waals surface area contributed by atoms with Crippen LogP contribution in [0.2, 0.25) is 0 Å². The molecule has 0 saturated heterocycles. The SMILES string of the molecule is Cn1c2ccccc2n2cnnc12. The predicted octanol–water partition coefficient (Wildman–Crippen LogP) is 1.22. The number of para-hydroxylation sites is 2. The summed E-state index contributed by atoms with van der Waals surface area (Å²) in [5, 5.41) is 7.90. The third-order valence-electron chi connectivity index (χ3n) is 2.33. The molecule has 0 spiro atoms. The number of nitrogens with zero attached hydrogens (tertiary/aromatic N) is 4. The number of fused-ring (bicyclic) bond motifs is 3. The number of rotatable bonds is 0. The summed E-state index contributed by atoms with van der Waals surface area (Å²) in [6, 6.07) is 8.17. The molecule has 0 bridgehead atoms. The molecule has 0 radical (unpaired) electrons. The number of hydrogen-bond acceptors (Lipinski definition) is 2. The van der Waals surface area contributed by atoms with Gasteiger partial charge in [-0.3, -0.25) is 4.40 Å². The van der Waals surface area contributed by atoms with Crippen LogP contribution in [0, 0.1) is 0 Å². The third-order valence-corrected chi connectivity index (χ3v) is 2.33. The maximum absolute atomic E-state index is 4.03. The Morgan fingerprint density at radius 3 is 2.77 bits per heavy atom. The number of aromatic nitrogens is 4. The molecule has 3 aromatic rings. The Balaban J connectivity index is 2.72. The third kappa shape index (κ3) is 0.697. The van der Waals surface area contributed by atoms with Crippen LogP contribution in [0.15, 0.2) is 30.6 Å². The van der Waals surface area contributed by atoms with E-state index in [1.165, 1.54) is 5.52 Å². The van der Waals surface area contributed by atoms with Crippen molar-refractivity contribution in [1.82, 2.24) is 19.2 Å². The van der Waals surface area contributed by atoms with E-state index in [-0.39, 0.29) is 0 Å². The Kier molecular flexibility index (Phi) is 1.07. The summed E-state index contributed by atoms with van der Waals surface area (Å²) in [5.41, 5.74) is 2.32. The molecular formula is C9H8N4. The molecule has 2 aromatic heterocycles. The van der Waals surface area contributed by atoms with Gasteiger partial charge >= 0.3 is 0 Å². The maximum atomic E-state index is 4.03. The normalized spacial score (nSPS) is 11.5. The van der Waals surface area contributed by atoms with Gasteiger partial charge in [0.05, 0.1) is 11.0 Å². The molecular weight excluding hydrogens is 164 g/mol. The molecule has 3 rings (SSSR count). The highest BCUT2D eigenvalue weighted by atomic mass is 15.3. The van der Waals surface area contributed by atoms with Crippen LogP contribution in [-0.2, 0) is 7.05 Å². The molecule has 0 unspecified atom stereocenters. The molecule has 2 heterocycles. The number of hydrogen-bond donors (Lipinski definition) is 0. The summed E-state index contributed by atoms with van der Waals surface area (Å²) in [6.07, 6.45) is 1.73. The van der Waals surface area contributed by atoms with Gasteiger partial charge in [-0.15, -0.1) is 10.2 Å². The zero-order valence-corrected chi connectivity index (χ0v) is 7.18. The second kappa shape index (κ2) is 2.10. The lowest BCUT2D eigenvalue weighted by Gasteiger charge is -1.91. The second-order valence-electron chi connectivity index (χ2n) is 3.05. The molecule has 0 aliphatic rings. The Hall–Kier alpha value is -1.84. The lowest BCUT2D eigenvalue weighted by Crippen LogP contribution is -1.87. The van der Waals surface area contributed by atoms with E-state index >= 15 is 0 Å². The molecule has 4 nitrogen and oxygen atoms in total. The van der Waals surface area contributed by atoms with Gasteiger partial charge < -0.3 is 4.57 Å². The van der Waals surface area contributed by atoms with E-state index in [2.05, 4.69) is 22.3 Å². The van der Waals surface area contributed by atoms with Crippen molar-refractivity contribution >= 4 is 16.8 Å². The van der Waals surface area contributed by atoms with Gasteiger partial charge in [-0.2, -0.15) is 0 Å². The van der Waals surface area contributed by atoms with Gasteiger partial charge in [0, 0.05) is 7.05 Å². The Labute approximate surface area is 74.4 Å². The van der Waals surface area contributed by atoms with E-state index < -0.39 is 0 Å². The summed E-state index contributed by atoms with van der Waals surface area (Å²) in [6.45, 7) is 0. The minimum atomic E-state index is 0.876. The van der Waals surface area contributed by atoms with Crippen molar-refractivity contribution in [2.24, 2.45) is 7.05 Å². The molecule has 0 aliphatic carbocycles. The minimum Gasteiger partial charge on any atom is -0.311 e. The zero-order valence-electron chi connectivity index (χ0n) is 7.18. The lowest BCUT2D eigenvalue weighted by atomic mass is 10.3. The molecule has 1 aromatic carbocycles. The molecule has 0 fully saturated rings. The van der Waals surface area contributed by atoms with Crippen molar-refractivity contribution in [2.75, 3.05) is 0 Å². The molecule has 0 aliphatic heterocycles. The highest BCUT2D eigenvalue weighted by Gasteiger charge is 2.06. The van der Waals surface area contributed by atoms with Gasteiger partial charge in [-0.05, 0) is 12.1 Å². The van der Waals surface area contributed by atoms with Crippen molar-refractivity contribution in [2.45, 2.75) is 0 Å². The Morgan fingerprint density at radius 2 is 1.92 bits per heavy atom. The summed E-state index contributed by atoms with van der Waals surface area (Å²) >= 11 is 0. The molecule has 0 atom stereocenters. The van der Waals surface area contributed by atoms with Crippen LogP contribution >= 0.6 is 0 Å². The first-order valence-corrected chi connectivity index (χ1v) is 4.11. The van der Waals surface area contributed by atoms with E-state index in [0.29, 0.717) is 0 Å². The van der Waals surface area contributed by atoms with Crippen LogP contribution < -0.4 is 0 Å². The smallest absolute Gasteiger partial charge is 0.236 e. The van der Waals surface area contributed by atoms with Crippen LogP contribution in [0.25, 0.3) is 16.8 Å². The average molecular weight is 172 g/mol. The van der Waals surface area contributed by atoms with Crippen LogP contribution in [0.4, 0.5) is 0 Å². The number of benzene rings is 1. The average Bonchev–Trinajstić information content (AvgIpc) is 2.72. The van der Waals surface area contributed by atoms with E-state index in [9.17, 15) is 0 Å². The Morgan fingerprint density at radius 1 is 1.15 bits per heavy atom. The molecule has 0 amide bonds. The first-order valence-electron chi connectivity index (χ1n) is 4.11. The van der Waals surface area contributed by atoms with Crippen molar-refractivity contribution in [3.8, 4) is 0 Å². The molecule has 13 heavy (non-hydrogen) atoms. The highest BCUT2D eigenvalue weighted by molar-refractivity contribution is 5.80. The predicted molar refractivity (Wildman–Crippen MR) is 49.5 cm³/mol. The first kappa shape index (κ1) is 6.65. The summed E-state index contributed by atoms with van der Waals surface area (Å²) in [4.78, 5) is 0. The van der Waals surface area contributed by atoms with Gasteiger partial charge in [-0.25, -0.2) is 0 Å². The van der Waals surface area contributed by atoms with E-state index in [4.69, 9.17) is 0 Å².